The number of aliphatic hydroxyl groups excluding tert-OH is 1. The molecule has 0 aromatic heterocycles. The normalized spacial score (nSPS) is 19.5. The van der Waals surface area contributed by atoms with Gasteiger partial charge in [-0.15, -0.1) is 0 Å². The number of aryl methyl sites for hydroxylation is 1. The van der Waals surface area contributed by atoms with Gasteiger partial charge in [0.2, 0.25) is 5.91 Å². The molecule has 0 unspecified atom stereocenters. The molecule has 29 heavy (non-hydrogen) atoms. The number of carbonyl (C=O) groups excluding carboxylic acids is 1. The molecule has 0 saturated carbocycles. The Balaban J connectivity index is 1.58. The zero-order valence-electron chi connectivity index (χ0n) is 16.4. The molecule has 0 bridgehead atoms. The number of β-lactam (4-membered cyclic amide) rings is 1. The van der Waals surface area contributed by atoms with Gasteiger partial charge in [0.1, 0.15) is 5.75 Å². The van der Waals surface area contributed by atoms with Gasteiger partial charge in [0.25, 0.3) is 0 Å². The lowest BCUT2D eigenvalue weighted by atomic mass is 9.76. The molecule has 4 rings (SSSR count). The minimum absolute atomic E-state index is 0.0300. The number of carbonyl (C=O) groups is 1. The van der Waals surface area contributed by atoms with E-state index in [0.29, 0.717) is 6.42 Å². The topological polar surface area (TPSA) is 49.8 Å². The lowest BCUT2D eigenvalue weighted by Gasteiger charge is -2.49. The molecule has 1 saturated heterocycles. The van der Waals surface area contributed by atoms with E-state index in [2.05, 4.69) is 0 Å². The molecule has 4 nitrogen and oxygen atoms in total. The number of hydrogen-bond acceptors (Lipinski definition) is 3. The van der Waals surface area contributed by atoms with E-state index in [4.69, 9.17) is 4.74 Å². The van der Waals surface area contributed by atoms with Crippen LogP contribution < -0.4 is 9.64 Å². The Kier molecular flexibility index (Phi) is 5.63. The third kappa shape index (κ3) is 3.89. The highest BCUT2D eigenvalue weighted by molar-refractivity contribution is 6.03. The van der Waals surface area contributed by atoms with Crippen molar-refractivity contribution >= 4 is 11.6 Å². The van der Waals surface area contributed by atoms with Crippen molar-refractivity contribution in [2.45, 2.75) is 25.0 Å². The maximum absolute atomic E-state index is 13.1. The van der Waals surface area contributed by atoms with Gasteiger partial charge in [-0.1, -0.05) is 60.7 Å². The Morgan fingerprint density at radius 2 is 1.55 bits per heavy atom. The number of amides is 1. The second kappa shape index (κ2) is 8.50. The minimum Gasteiger partial charge on any atom is -0.497 e. The highest BCUT2D eigenvalue weighted by Gasteiger charge is 2.51. The highest BCUT2D eigenvalue weighted by atomic mass is 16.5. The SMILES string of the molecule is COc1ccc([C@H]2[C@@H]([C@@H](O)CCc3ccccc3)C(=O)N2c2ccccc2)cc1. The summed E-state index contributed by atoms with van der Waals surface area (Å²) in [5, 5.41) is 10.9. The number of hydrogen-bond donors (Lipinski definition) is 1. The number of rotatable bonds is 7. The number of benzene rings is 3. The van der Waals surface area contributed by atoms with Crippen LogP contribution in [0.5, 0.6) is 5.75 Å². The molecule has 1 heterocycles. The van der Waals surface area contributed by atoms with E-state index in [1.165, 1.54) is 5.56 Å². The Bertz CT molecular complexity index is 941. The van der Waals surface area contributed by atoms with Crippen LogP contribution in [0.25, 0.3) is 0 Å². The molecule has 148 valence electrons. The summed E-state index contributed by atoms with van der Waals surface area (Å²) in [5.41, 5.74) is 3.02. The predicted molar refractivity (Wildman–Crippen MR) is 114 cm³/mol. The summed E-state index contributed by atoms with van der Waals surface area (Å²) in [6, 6.07) is 27.3. The number of ether oxygens (including phenoxy) is 1. The molecule has 1 fully saturated rings. The maximum atomic E-state index is 13.1. The van der Waals surface area contributed by atoms with Crippen molar-refractivity contribution in [2.24, 2.45) is 5.92 Å². The van der Waals surface area contributed by atoms with Crippen LogP contribution in [0, 0.1) is 5.92 Å². The Hall–Kier alpha value is -3.11. The quantitative estimate of drug-likeness (QED) is 0.612. The molecule has 0 spiro atoms. The van der Waals surface area contributed by atoms with Crippen molar-refractivity contribution in [3.63, 3.8) is 0 Å². The summed E-state index contributed by atoms with van der Waals surface area (Å²) < 4.78 is 5.27. The van der Waals surface area contributed by atoms with E-state index >= 15 is 0 Å². The molecule has 3 aromatic carbocycles. The van der Waals surface area contributed by atoms with Gasteiger partial charge in [-0.05, 0) is 48.2 Å². The number of methoxy groups -OCH3 is 1. The number of nitrogens with zero attached hydrogens (tertiary/aromatic N) is 1. The van der Waals surface area contributed by atoms with Gasteiger partial charge in [0.05, 0.1) is 25.2 Å². The largest absolute Gasteiger partial charge is 0.497 e. The van der Waals surface area contributed by atoms with Crippen molar-refractivity contribution in [2.75, 3.05) is 12.0 Å². The molecular formula is C25H25NO3. The Morgan fingerprint density at radius 1 is 0.931 bits per heavy atom. The van der Waals surface area contributed by atoms with Gasteiger partial charge in [0.15, 0.2) is 0 Å². The summed E-state index contributed by atoms with van der Waals surface area (Å²) >= 11 is 0. The van der Waals surface area contributed by atoms with Crippen LogP contribution in [-0.4, -0.2) is 24.2 Å². The third-order valence-corrected chi connectivity index (χ3v) is 5.62. The summed E-state index contributed by atoms with van der Waals surface area (Å²) in [7, 11) is 1.63. The van der Waals surface area contributed by atoms with Crippen LogP contribution in [0.3, 0.4) is 0 Å². The summed E-state index contributed by atoms with van der Waals surface area (Å²) in [6.45, 7) is 0. The molecule has 4 heteroatoms. The molecule has 1 aliphatic rings. The molecular weight excluding hydrogens is 362 g/mol. The first-order valence-corrected chi connectivity index (χ1v) is 9.93. The monoisotopic (exact) mass is 387 g/mol. The average molecular weight is 387 g/mol. The lowest BCUT2D eigenvalue weighted by Crippen LogP contribution is -2.59. The van der Waals surface area contributed by atoms with Gasteiger partial charge in [-0.2, -0.15) is 0 Å². The van der Waals surface area contributed by atoms with Crippen LogP contribution in [0.4, 0.5) is 5.69 Å². The van der Waals surface area contributed by atoms with Gasteiger partial charge >= 0.3 is 0 Å². The molecule has 1 amide bonds. The van der Waals surface area contributed by atoms with Crippen molar-refractivity contribution < 1.29 is 14.6 Å². The number of anilines is 1. The predicted octanol–water partition coefficient (Wildman–Crippen LogP) is 4.39. The Morgan fingerprint density at radius 3 is 2.17 bits per heavy atom. The second-order valence-corrected chi connectivity index (χ2v) is 7.38. The van der Waals surface area contributed by atoms with Crippen LogP contribution in [-0.2, 0) is 11.2 Å². The van der Waals surface area contributed by atoms with Crippen LogP contribution in [0.15, 0.2) is 84.9 Å². The van der Waals surface area contributed by atoms with Crippen LogP contribution in [0.2, 0.25) is 0 Å². The summed E-state index contributed by atoms with van der Waals surface area (Å²) in [5.74, 6) is 0.289. The molecule has 1 N–H and O–H groups in total. The molecule has 3 aromatic rings. The molecule has 0 radical (unpaired) electrons. The standard InChI is InChI=1S/C25H25NO3/c1-29-21-15-13-19(14-16-21)24-23(22(27)17-12-18-8-4-2-5-9-18)25(28)26(24)20-10-6-3-7-11-20/h2-11,13-16,22-24,27H,12,17H2,1H3/t22-,23+,24-/m0/s1. The molecule has 3 atom stereocenters. The smallest absolute Gasteiger partial charge is 0.235 e. The fourth-order valence-electron chi connectivity index (χ4n) is 4.06. The van der Waals surface area contributed by atoms with E-state index in [-0.39, 0.29) is 11.9 Å². The van der Waals surface area contributed by atoms with Crippen LogP contribution >= 0.6 is 0 Å². The van der Waals surface area contributed by atoms with E-state index in [9.17, 15) is 9.90 Å². The zero-order chi connectivity index (χ0) is 20.2. The number of para-hydroxylation sites is 1. The second-order valence-electron chi connectivity index (χ2n) is 7.38. The summed E-state index contributed by atoms with van der Waals surface area (Å²) in [4.78, 5) is 14.9. The first kappa shape index (κ1) is 19.2. The van der Waals surface area contributed by atoms with Gasteiger partial charge in [0, 0.05) is 5.69 Å². The summed E-state index contributed by atoms with van der Waals surface area (Å²) in [6.07, 6.45) is 0.595. The van der Waals surface area contributed by atoms with E-state index < -0.39 is 12.0 Å². The molecule has 0 aliphatic carbocycles. The number of aliphatic hydroxyl groups is 1. The van der Waals surface area contributed by atoms with Gasteiger partial charge in [-0.25, -0.2) is 0 Å². The van der Waals surface area contributed by atoms with Gasteiger partial charge in [-0.3, -0.25) is 4.79 Å². The third-order valence-electron chi connectivity index (χ3n) is 5.62. The van der Waals surface area contributed by atoms with Crippen molar-refractivity contribution in [1.29, 1.82) is 0 Å². The zero-order valence-corrected chi connectivity index (χ0v) is 16.4. The Labute approximate surface area is 171 Å². The van der Waals surface area contributed by atoms with E-state index in [0.717, 1.165) is 23.4 Å². The first-order chi connectivity index (χ1) is 14.2. The van der Waals surface area contributed by atoms with E-state index in [1.54, 1.807) is 12.0 Å². The van der Waals surface area contributed by atoms with Crippen molar-refractivity contribution in [3.05, 3.63) is 96.1 Å². The van der Waals surface area contributed by atoms with Gasteiger partial charge < -0.3 is 14.7 Å². The highest BCUT2D eigenvalue weighted by Crippen LogP contribution is 2.46. The fourth-order valence-corrected chi connectivity index (χ4v) is 4.06. The first-order valence-electron chi connectivity index (χ1n) is 9.93. The minimum atomic E-state index is -0.699. The molecule has 1 aliphatic heterocycles. The van der Waals surface area contributed by atoms with E-state index in [1.807, 2.05) is 84.9 Å². The lowest BCUT2D eigenvalue weighted by molar-refractivity contribution is -0.136. The van der Waals surface area contributed by atoms with Crippen LogP contribution in [0.1, 0.15) is 23.6 Å². The fraction of sp³-hybridized carbons (Fsp3) is 0.240. The van der Waals surface area contributed by atoms with Crippen molar-refractivity contribution in [3.8, 4) is 5.75 Å². The van der Waals surface area contributed by atoms with Crippen molar-refractivity contribution in [1.82, 2.24) is 0 Å². The average Bonchev–Trinajstić information content (AvgIpc) is 2.77. The maximum Gasteiger partial charge on any atom is 0.235 e.